The van der Waals surface area contributed by atoms with Crippen molar-refractivity contribution >= 4 is 122 Å². The molecule has 0 saturated carbocycles. The summed E-state index contributed by atoms with van der Waals surface area (Å²) < 4.78 is 10.8. The number of nitriles is 1. The van der Waals surface area contributed by atoms with Crippen LogP contribution in [0.1, 0.15) is 75.0 Å². The molecule has 14 heteroatoms. The summed E-state index contributed by atoms with van der Waals surface area (Å²) in [5.74, 6) is 1.86. The van der Waals surface area contributed by atoms with Crippen molar-refractivity contribution in [2.24, 2.45) is 0 Å². The monoisotopic (exact) mass is 1830 g/mol. The van der Waals surface area contributed by atoms with Crippen molar-refractivity contribution in [2.45, 2.75) is 30.1 Å². The fraction of sp³-hybridized carbons (Fsp3) is 0.0388. The second-order valence-corrected chi connectivity index (χ2v) is 36.9. The molecule has 0 atom stereocenters. The van der Waals surface area contributed by atoms with Crippen LogP contribution in [-0.2, 0) is 16.2 Å². The minimum absolute atomic E-state index is 0.00368. The normalized spacial score (nSPS) is 13.4. The fourth-order valence-corrected chi connectivity index (χ4v) is 23.1. The smallest absolute Gasteiger partial charge is 0.238 e. The number of rotatable bonds is 7. The van der Waals surface area contributed by atoms with Gasteiger partial charge in [-0.05, 0) is 200 Å². The molecular formula is C129H84N12O2. The van der Waals surface area contributed by atoms with Gasteiger partial charge in [0.1, 0.15) is 11.2 Å². The number of fused-ring (bicyclic) bond motifs is 29. The quantitative estimate of drug-likeness (QED) is 0.111. The van der Waals surface area contributed by atoms with E-state index in [1.807, 2.05) is 158 Å². The molecular weight excluding hydrogens is 1750 g/mol. The van der Waals surface area contributed by atoms with E-state index in [4.69, 9.17) is 35.9 Å². The van der Waals surface area contributed by atoms with Crippen LogP contribution in [0.25, 0.3) is 127 Å². The van der Waals surface area contributed by atoms with Gasteiger partial charge in [0.05, 0.1) is 107 Å². The van der Waals surface area contributed by atoms with Crippen molar-refractivity contribution in [1.29, 1.82) is 5.26 Å². The van der Waals surface area contributed by atoms with Crippen molar-refractivity contribution in [2.75, 3.05) is 14.7 Å². The second-order valence-electron chi connectivity index (χ2n) is 36.9. The van der Waals surface area contributed by atoms with Gasteiger partial charge in [0.2, 0.25) is 11.4 Å². The summed E-state index contributed by atoms with van der Waals surface area (Å²) in [6.07, 6.45) is 3.74. The molecule has 143 heavy (non-hydrogen) atoms. The first-order valence-electron chi connectivity index (χ1n) is 48.0. The van der Waals surface area contributed by atoms with Crippen molar-refractivity contribution in [3.63, 3.8) is 0 Å². The highest BCUT2D eigenvalue weighted by Crippen LogP contribution is 2.66. The van der Waals surface area contributed by atoms with E-state index in [2.05, 4.69) is 364 Å². The summed E-state index contributed by atoms with van der Waals surface area (Å²) in [4.78, 5) is 48.6. The number of hydrogen-bond donors (Lipinski definition) is 0. The zero-order chi connectivity index (χ0) is 95.6. The Morgan fingerprint density at radius 2 is 0.678 bits per heavy atom. The number of pyridine rings is 2. The van der Waals surface area contributed by atoms with E-state index in [1.165, 1.54) is 55.5 Å². The number of aromatic nitrogens is 7. The van der Waals surface area contributed by atoms with Crippen LogP contribution in [0.2, 0.25) is 0 Å². The van der Waals surface area contributed by atoms with Crippen LogP contribution >= 0.6 is 0 Å². The van der Waals surface area contributed by atoms with Crippen molar-refractivity contribution in [3.8, 4) is 63.0 Å². The number of benzene rings is 18. The molecule has 6 aromatic heterocycles. The molecule has 18 aromatic carbocycles. The van der Waals surface area contributed by atoms with Gasteiger partial charge < -0.3 is 23.7 Å². The Labute approximate surface area is 824 Å². The van der Waals surface area contributed by atoms with E-state index in [0.29, 0.717) is 50.8 Å². The van der Waals surface area contributed by atoms with Gasteiger partial charge in [-0.2, -0.15) is 15.2 Å². The zero-order valence-electron chi connectivity index (χ0n) is 77.7. The molecule has 0 saturated heterocycles. The summed E-state index contributed by atoms with van der Waals surface area (Å²) in [7, 11) is 0. The first-order valence-corrected chi connectivity index (χ1v) is 48.0. The SMILES string of the molecule is CC1(C)c2ccccc2N(c2ccc3c(=O)c4ccccc4oc3c2)c2ccccc21.[C-]#[N+]c1ccc2c(c1)C1(c3cc(C#N)ccc3-2)c2ccccc2N(c2ccccc2)c2ccccc21.c1ccc(-c2nc(-c3ccccc3)nc(-n3c4ccccc4c4ccc5c6ccccc6n(-c6ccccc6)c5c43)n2)cc1.c1ccc(N2c3ccccc3C3(c4ccccc42)c2cccnc2-c2ncccc23)cc1. The Hall–Kier alpha value is -19.3. The lowest BCUT2D eigenvalue weighted by atomic mass is 9.64. The summed E-state index contributed by atoms with van der Waals surface area (Å²) >= 11 is 0. The summed E-state index contributed by atoms with van der Waals surface area (Å²) in [6, 6.07) is 161. The van der Waals surface area contributed by atoms with Gasteiger partial charge in [-0.15, -0.1) is 0 Å². The largest absolute Gasteiger partial charge is 0.456 e. The molecule has 29 rings (SSSR count). The molecule has 14 nitrogen and oxygen atoms in total. The molecule has 2 spiro atoms. The first-order chi connectivity index (χ1) is 70.6. The Bertz CT molecular complexity index is 9120. The van der Waals surface area contributed by atoms with Crippen LogP contribution in [0.4, 0.5) is 56.9 Å². The topological polar surface area (TPSA) is 142 Å². The average Bonchev–Trinajstić information content (AvgIpc) is 1.55. The third-order valence-corrected chi connectivity index (χ3v) is 29.1. The molecule has 0 radical (unpaired) electrons. The molecule has 2 aliphatic carbocycles. The van der Waals surface area contributed by atoms with Gasteiger partial charge in [-0.3, -0.25) is 19.3 Å². The molecule has 3 aliphatic heterocycles. The zero-order valence-corrected chi connectivity index (χ0v) is 77.7. The Morgan fingerprint density at radius 1 is 0.308 bits per heavy atom. The third-order valence-electron chi connectivity index (χ3n) is 29.1. The predicted molar refractivity (Wildman–Crippen MR) is 577 cm³/mol. The number of para-hydroxylation sites is 12. The molecule has 0 bridgehead atoms. The van der Waals surface area contributed by atoms with E-state index in [9.17, 15) is 10.1 Å². The highest BCUT2D eigenvalue weighted by Gasteiger charge is 2.55. The van der Waals surface area contributed by atoms with Gasteiger partial charge in [0.25, 0.3) is 0 Å². The van der Waals surface area contributed by atoms with Gasteiger partial charge in [-0.25, -0.2) is 9.83 Å². The lowest BCUT2D eigenvalue weighted by Gasteiger charge is -2.45. The van der Waals surface area contributed by atoms with Crippen LogP contribution in [0.15, 0.2) is 483 Å². The van der Waals surface area contributed by atoms with Gasteiger partial charge >= 0.3 is 0 Å². The molecule has 24 aromatic rings. The van der Waals surface area contributed by atoms with E-state index < -0.39 is 10.8 Å². The highest BCUT2D eigenvalue weighted by molar-refractivity contribution is 6.24. The van der Waals surface area contributed by atoms with Crippen molar-refractivity contribution in [1.82, 2.24) is 34.1 Å². The Balaban J connectivity index is 0.0000000984. The van der Waals surface area contributed by atoms with Gasteiger partial charge in [0, 0.05) is 79.3 Å². The third kappa shape index (κ3) is 13.1. The number of anilines is 9. The average molecular weight is 1830 g/mol. The first kappa shape index (κ1) is 84.2. The number of hydrogen-bond acceptors (Lipinski definition) is 11. The van der Waals surface area contributed by atoms with E-state index in [0.717, 1.165) is 134 Å². The maximum Gasteiger partial charge on any atom is 0.238 e. The molecule has 9 heterocycles. The standard InChI is InChI=1S/C39H25N5.C33H19N3.C29H19N3.C28H21NO2/c1-4-14-26(15-5-1)37-40-38(27-16-6-2-7-17-27)42-39(41-37)44-34-23-13-11-21-30(34)32-25-24-31-29-20-10-12-22-33(29)43(35(31)36(32)44)28-18-8-3-9-19-28;1-35-23-16-18-26-25-17-15-22(21-34)19-29(25)33(30(26)20-23)27-11-5-7-13-31(27)36(24-9-3-2-4-10-24)32-14-8-6-12-28(32)33;1-2-10-20(11-3-1)32-25-16-6-4-12-21(25)29(22-13-5-7-17-26(22)32)23-14-8-18-30-27(23)28-24(29)15-9-19-31-28;1-28(2)21-10-4-6-12-23(21)29(24-13-7-5-11-22(24)28)18-15-16-20-26(17-18)31-25-14-8-3-9-19(25)27(20)30/h1-25H;2-20H;1-19H;3-17H,1-2H3. The minimum atomic E-state index is -0.642. The molecule has 0 fully saturated rings. The van der Waals surface area contributed by atoms with Gasteiger partial charge in [0.15, 0.2) is 17.3 Å². The lowest BCUT2D eigenvalue weighted by molar-refractivity contribution is 0.631. The van der Waals surface area contributed by atoms with Crippen molar-refractivity contribution < 1.29 is 4.42 Å². The van der Waals surface area contributed by atoms with Crippen LogP contribution in [-0.4, -0.2) is 34.1 Å². The molecule has 5 aliphatic rings. The van der Waals surface area contributed by atoms with Gasteiger partial charge in [-0.1, -0.05) is 335 Å². The molecule has 0 N–H and O–H groups in total. The van der Waals surface area contributed by atoms with E-state index in [-0.39, 0.29) is 10.8 Å². The predicted octanol–water partition coefficient (Wildman–Crippen LogP) is 31.3. The maximum atomic E-state index is 13.0. The van der Waals surface area contributed by atoms with E-state index in [1.54, 1.807) is 0 Å². The Kier molecular flexibility index (Phi) is 19.9. The maximum absolute atomic E-state index is 13.0. The fourth-order valence-electron chi connectivity index (χ4n) is 23.1. The number of nitrogens with zero attached hydrogens (tertiary/aromatic N) is 12. The van der Waals surface area contributed by atoms with Crippen molar-refractivity contribution in [3.05, 3.63) is 556 Å². The summed E-state index contributed by atoms with van der Waals surface area (Å²) in [6.45, 7) is 12.3. The Morgan fingerprint density at radius 3 is 1.17 bits per heavy atom. The van der Waals surface area contributed by atoms with Crippen LogP contribution in [0.3, 0.4) is 0 Å². The van der Waals surface area contributed by atoms with Crippen LogP contribution in [0.5, 0.6) is 0 Å². The summed E-state index contributed by atoms with van der Waals surface area (Å²) in [5, 5.41) is 15.7. The lowest BCUT2D eigenvalue weighted by Crippen LogP contribution is -2.36. The second kappa shape index (κ2) is 33.9. The van der Waals surface area contributed by atoms with Crippen LogP contribution < -0.4 is 20.1 Å². The van der Waals surface area contributed by atoms with Crippen LogP contribution in [0, 0.1) is 17.9 Å². The highest BCUT2D eigenvalue weighted by atomic mass is 16.3. The molecule has 672 valence electrons. The van der Waals surface area contributed by atoms with E-state index >= 15 is 0 Å². The molecule has 0 unspecified atom stereocenters. The molecule has 0 amide bonds. The summed E-state index contributed by atoms with van der Waals surface area (Å²) in [5.41, 5.74) is 34.8. The minimum Gasteiger partial charge on any atom is -0.456 e.